The summed E-state index contributed by atoms with van der Waals surface area (Å²) in [6.07, 6.45) is 8.40. The maximum Gasteiger partial charge on any atom is 0.116 e. The molecule has 3 aromatic rings. The fourth-order valence-corrected chi connectivity index (χ4v) is 4.17. The molecule has 0 radical (unpaired) electrons. The molecular weight excluding hydrogens is 324 g/mol. The van der Waals surface area contributed by atoms with Gasteiger partial charge in [-0.3, -0.25) is 4.68 Å². The number of likely N-dealkylation sites (N-methyl/N-ethyl adjacent to an activating group) is 1. The van der Waals surface area contributed by atoms with E-state index < -0.39 is 0 Å². The topological polar surface area (TPSA) is 55.0 Å². The van der Waals surface area contributed by atoms with Gasteiger partial charge in [-0.15, -0.1) is 0 Å². The second-order valence-electron chi connectivity index (χ2n) is 7.68. The van der Waals surface area contributed by atoms with Crippen LogP contribution in [0.4, 0.5) is 0 Å². The SMILES string of the molecule is CNC1CCc2c(c3cc(O)ccc3n2CCc2cnn(C(C)C)c2)C1. The van der Waals surface area contributed by atoms with Gasteiger partial charge >= 0.3 is 0 Å². The fourth-order valence-electron chi connectivity index (χ4n) is 4.17. The van der Waals surface area contributed by atoms with Crippen molar-refractivity contribution in [2.24, 2.45) is 0 Å². The molecule has 1 atom stereocenters. The number of phenolic OH excluding ortho intramolecular Hbond substituents is 1. The van der Waals surface area contributed by atoms with Crippen LogP contribution in [0, 0.1) is 0 Å². The van der Waals surface area contributed by atoms with Crippen molar-refractivity contribution in [1.29, 1.82) is 0 Å². The normalized spacial score (nSPS) is 17.2. The molecule has 5 heteroatoms. The van der Waals surface area contributed by atoms with Crippen LogP contribution in [0.2, 0.25) is 0 Å². The van der Waals surface area contributed by atoms with E-state index >= 15 is 0 Å². The first-order valence-corrected chi connectivity index (χ1v) is 9.60. The third-order valence-electron chi connectivity index (χ3n) is 5.67. The highest BCUT2D eigenvalue weighted by Crippen LogP contribution is 2.34. The molecule has 0 amide bonds. The molecule has 1 aliphatic carbocycles. The van der Waals surface area contributed by atoms with Gasteiger partial charge in [0.25, 0.3) is 0 Å². The Kier molecular flexibility index (Phi) is 4.49. The smallest absolute Gasteiger partial charge is 0.116 e. The predicted molar refractivity (Wildman–Crippen MR) is 105 cm³/mol. The van der Waals surface area contributed by atoms with E-state index in [4.69, 9.17) is 0 Å². The van der Waals surface area contributed by atoms with Crippen molar-refractivity contribution in [2.75, 3.05) is 7.05 Å². The number of hydrogen-bond donors (Lipinski definition) is 2. The van der Waals surface area contributed by atoms with E-state index in [2.05, 4.69) is 41.1 Å². The second-order valence-corrected chi connectivity index (χ2v) is 7.68. The van der Waals surface area contributed by atoms with Crippen molar-refractivity contribution in [3.05, 3.63) is 47.4 Å². The van der Waals surface area contributed by atoms with Gasteiger partial charge in [0.1, 0.15) is 5.75 Å². The van der Waals surface area contributed by atoms with E-state index in [9.17, 15) is 5.11 Å². The average molecular weight is 352 g/mol. The highest BCUT2D eigenvalue weighted by Gasteiger charge is 2.24. The summed E-state index contributed by atoms with van der Waals surface area (Å²) < 4.78 is 4.48. The third kappa shape index (κ3) is 3.01. The van der Waals surface area contributed by atoms with E-state index in [-0.39, 0.29) is 0 Å². The first kappa shape index (κ1) is 17.2. The molecule has 1 unspecified atom stereocenters. The zero-order valence-electron chi connectivity index (χ0n) is 15.9. The van der Waals surface area contributed by atoms with Crippen LogP contribution in [0.3, 0.4) is 0 Å². The number of fused-ring (bicyclic) bond motifs is 3. The molecule has 5 nitrogen and oxygen atoms in total. The minimum Gasteiger partial charge on any atom is -0.508 e. The zero-order valence-corrected chi connectivity index (χ0v) is 15.9. The van der Waals surface area contributed by atoms with Gasteiger partial charge in [0.2, 0.25) is 0 Å². The fraction of sp³-hybridized carbons (Fsp3) is 0.476. The van der Waals surface area contributed by atoms with Gasteiger partial charge in [0.05, 0.1) is 6.20 Å². The van der Waals surface area contributed by atoms with Crippen molar-refractivity contribution < 1.29 is 5.11 Å². The number of aromatic nitrogens is 3. The highest BCUT2D eigenvalue weighted by molar-refractivity contribution is 5.87. The Bertz CT molecular complexity index is 922. The molecule has 0 spiro atoms. The Morgan fingerprint density at radius 1 is 1.35 bits per heavy atom. The van der Waals surface area contributed by atoms with Crippen LogP contribution in [0.1, 0.15) is 43.1 Å². The number of nitrogens with zero attached hydrogens (tertiary/aromatic N) is 3. The summed E-state index contributed by atoms with van der Waals surface area (Å²) >= 11 is 0. The lowest BCUT2D eigenvalue weighted by atomic mass is 9.91. The number of hydrogen-bond acceptors (Lipinski definition) is 3. The maximum atomic E-state index is 9.99. The zero-order chi connectivity index (χ0) is 18.3. The summed E-state index contributed by atoms with van der Waals surface area (Å²) in [6, 6.07) is 6.71. The van der Waals surface area contributed by atoms with Gasteiger partial charge in [-0.25, -0.2) is 0 Å². The first-order valence-electron chi connectivity index (χ1n) is 9.60. The molecule has 2 heterocycles. The Balaban J connectivity index is 1.68. The quantitative estimate of drug-likeness (QED) is 0.739. The van der Waals surface area contributed by atoms with Crippen molar-refractivity contribution >= 4 is 10.9 Å². The van der Waals surface area contributed by atoms with Gasteiger partial charge in [-0.05, 0) is 75.9 Å². The molecule has 0 saturated heterocycles. The van der Waals surface area contributed by atoms with E-state index in [1.807, 2.05) is 24.0 Å². The monoisotopic (exact) mass is 352 g/mol. The van der Waals surface area contributed by atoms with E-state index in [1.165, 1.54) is 27.7 Å². The van der Waals surface area contributed by atoms with Crippen LogP contribution < -0.4 is 5.32 Å². The average Bonchev–Trinajstić information content (AvgIpc) is 3.22. The van der Waals surface area contributed by atoms with Crippen molar-refractivity contribution in [3.63, 3.8) is 0 Å². The first-order chi connectivity index (χ1) is 12.6. The van der Waals surface area contributed by atoms with Gasteiger partial charge < -0.3 is 15.0 Å². The molecule has 0 saturated carbocycles. The van der Waals surface area contributed by atoms with Crippen LogP contribution >= 0.6 is 0 Å². The van der Waals surface area contributed by atoms with E-state index in [1.54, 1.807) is 6.07 Å². The van der Waals surface area contributed by atoms with E-state index in [0.717, 1.165) is 32.2 Å². The molecule has 138 valence electrons. The molecule has 1 aromatic carbocycles. The molecule has 2 aromatic heterocycles. The summed E-state index contributed by atoms with van der Waals surface area (Å²) in [4.78, 5) is 0. The predicted octanol–water partition coefficient (Wildman–Crippen LogP) is 3.44. The lowest BCUT2D eigenvalue weighted by Crippen LogP contribution is -2.31. The van der Waals surface area contributed by atoms with Crippen LogP contribution in [0.15, 0.2) is 30.6 Å². The standard InChI is InChI=1S/C21H28N4O/c1-14(2)25-13-15(12-23-25)8-9-24-20-6-4-16(22-3)10-18(20)19-11-17(26)5-7-21(19)24/h5,7,11-14,16,22,26H,4,6,8-10H2,1-3H3. The van der Waals surface area contributed by atoms with Gasteiger partial charge in [0, 0.05) is 41.4 Å². The van der Waals surface area contributed by atoms with Crippen LogP contribution in [0.5, 0.6) is 5.75 Å². The highest BCUT2D eigenvalue weighted by atomic mass is 16.3. The number of aromatic hydroxyl groups is 1. The number of phenols is 1. The largest absolute Gasteiger partial charge is 0.508 e. The summed E-state index contributed by atoms with van der Waals surface area (Å²) in [6.45, 7) is 5.25. The number of aryl methyl sites for hydroxylation is 2. The Hall–Kier alpha value is -2.27. The van der Waals surface area contributed by atoms with Crippen LogP contribution in [0.25, 0.3) is 10.9 Å². The summed E-state index contributed by atoms with van der Waals surface area (Å²) in [5.41, 5.74) is 5.35. The minimum atomic E-state index is 0.349. The van der Waals surface area contributed by atoms with Gasteiger partial charge in [-0.2, -0.15) is 5.10 Å². The number of benzene rings is 1. The maximum absolute atomic E-state index is 9.99. The van der Waals surface area contributed by atoms with Crippen molar-refractivity contribution in [2.45, 2.75) is 58.2 Å². The summed E-state index contributed by atoms with van der Waals surface area (Å²) in [5.74, 6) is 0.349. The molecule has 4 rings (SSSR count). The molecule has 0 bridgehead atoms. The van der Waals surface area contributed by atoms with Crippen molar-refractivity contribution in [1.82, 2.24) is 19.7 Å². The van der Waals surface area contributed by atoms with Crippen LogP contribution in [-0.2, 0) is 25.8 Å². The number of rotatable bonds is 5. The lowest BCUT2D eigenvalue weighted by Gasteiger charge is -2.23. The van der Waals surface area contributed by atoms with Crippen LogP contribution in [-0.4, -0.2) is 32.5 Å². The van der Waals surface area contributed by atoms with Gasteiger partial charge in [-0.1, -0.05) is 0 Å². The lowest BCUT2D eigenvalue weighted by molar-refractivity contribution is 0.475. The molecule has 2 N–H and O–H groups in total. The summed E-state index contributed by atoms with van der Waals surface area (Å²) in [7, 11) is 2.04. The third-order valence-corrected chi connectivity index (χ3v) is 5.67. The van der Waals surface area contributed by atoms with Gasteiger partial charge in [0.15, 0.2) is 0 Å². The number of nitrogens with one attached hydrogen (secondary N) is 1. The van der Waals surface area contributed by atoms with Crippen molar-refractivity contribution in [3.8, 4) is 5.75 Å². The van der Waals surface area contributed by atoms with E-state index in [0.29, 0.717) is 17.8 Å². The molecule has 0 fully saturated rings. The second kappa shape index (κ2) is 6.80. The molecule has 26 heavy (non-hydrogen) atoms. The minimum absolute atomic E-state index is 0.349. The molecular formula is C21H28N4O. The Morgan fingerprint density at radius 3 is 2.92 bits per heavy atom. The molecule has 1 aliphatic rings. The Morgan fingerprint density at radius 2 is 2.19 bits per heavy atom. The molecule has 0 aliphatic heterocycles. The Labute approximate surface area is 154 Å². The summed E-state index contributed by atoms with van der Waals surface area (Å²) in [5, 5.41) is 19.1.